The van der Waals surface area contributed by atoms with E-state index in [4.69, 9.17) is 8.83 Å². The molecule has 0 bridgehead atoms. The van der Waals surface area contributed by atoms with E-state index in [1.54, 1.807) is 19.1 Å². The minimum atomic E-state index is -0.355. The molecule has 1 saturated heterocycles. The second-order valence-corrected chi connectivity index (χ2v) is 6.26. The molecule has 1 aromatic carbocycles. The molecule has 3 heterocycles. The number of piperazine rings is 1. The van der Waals surface area contributed by atoms with Crippen molar-refractivity contribution in [3.05, 3.63) is 47.4 Å². The highest BCUT2D eigenvalue weighted by molar-refractivity contribution is 5.60. The Morgan fingerprint density at radius 3 is 2.00 bits per heavy atom. The lowest BCUT2D eigenvalue weighted by Crippen LogP contribution is -2.46. The number of aromatic nitrogens is 2. The fourth-order valence-electron chi connectivity index (χ4n) is 3.13. The van der Waals surface area contributed by atoms with E-state index in [1.165, 1.54) is 12.1 Å². The summed E-state index contributed by atoms with van der Waals surface area (Å²) in [6, 6.07) is 9.84. The van der Waals surface area contributed by atoms with Crippen molar-refractivity contribution in [1.29, 1.82) is 10.5 Å². The summed E-state index contributed by atoms with van der Waals surface area (Å²) in [4.78, 5) is 12.2. The van der Waals surface area contributed by atoms with Crippen molar-refractivity contribution in [3.8, 4) is 23.6 Å². The van der Waals surface area contributed by atoms with Crippen LogP contribution in [0.1, 0.15) is 17.3 Å². The van der Waals surface area contributed by atoms with E-state index in [2.05, 4.69) is 16.0 Å². The van der Waals surface area contributed by atoms with Gasteiger partial charge in [0, 0.05) is 38.7 Å². The van der Waals surface area contributed by atoms with Crippen LogP contribution in [0.4, 0.5) is 16.2 Å². The van der Waals surface area contributed by atoms with E-state index in [0.29, 0.717) is 49.4 Å². The molecule has 0 aliphatic carbocycles. The van der Waals surface area contributed by atoms with Crippen molar-refractivity contribution < 1.29 is 13.2 Å². The molecule has 0 atom stereocenters. The van der Waals surface area contributed by atoms with Gasteiger partial charge in [0.15, 0.2) is 5.89 Å². The Morgan fingerprint density at radius 1 is 0.893 bits per heavy atom. The monoisotopic (exact) mass is 378 g/mol. The highest BCUT2D eigenvalue weighted by Crippen LogP contribution is 2.30. The average Bonchev–Trinajstić information content (AvgIpc) is 3.32. The van der Waals surface area contributed by atoms with Crippen LogP contribution < -0.4 is 9.80 Å². The highest BCUT2D eigenvalue weighted by atomic mass is 19.1. The molecule has 8 nitrogen and oxygen atoms in total. The predicted octanol–water partition coefficient (Wildman–Crippen LogP) is 2.85. The van der Waals surface area contributed by atoms with Crippen LogP contribution in [0.3, 0.4) is 0 Å². The fraction of sp³-hybridized carbons (Fsp3) is 0.263. The maximum absolute atomic E-state index is 13.1. The van der Waals surface area contributed by atoms with Gasteiger partial charge in [-0.1, -0.05) is 0 Å². The largest absolute Gasteiger partial charge is 0.424 e. The molecule has 0 N–H and O–H groups in total. The maximum atomic E-state index is 13.1. The van der Waals surface area contributed by atoms with Crippen molar-refractivity contribution in [2.24, 2.45) is 0 Å². The van der Waals surface area contributed by atoms with Crippen LogP contribution in [-0.4, -0.2) is 36.1 Å². The number of rotatable bonds is 3. The number of aryl methyl sites for hydroxylation is 1. The molecule has 4 rings (SSSR count). The third kappa shape index (κ3) is 3.14. The molecule has 140 valence electrons. The molecule has 1 aliphatic heterocycles. The first-order valence-corrected chi connectivity index (χ1v) is 8.63. The molecule has 0 saturated carbocycles. The standard InChI is InChI=1S/C19H15FN6O2/c1-12-23-15(10-21)18(27-12)25-6-8-26(9-7-25)19-16(11-22)24-17(28-19)13-2-4-14(20)5-3-13/h2-5H,6-9H2,1H3. The van der Waals surface area contributed by atoms with E-state index < -0.39 is 0 Å². The molecule has 1 aliphatic rings. The van der Waals surface area contributed by atoms with Gasteiger partial charge in [0.1, 0.15) is 18.0 Å². The molecule has 28 heavy (non-hydrogen) atoms. The normalized spacial score (nSPS) is 14.0. The summed E-state index contributed by atoms with van der Waals surface area (Å²) >= 11 is 0. The van der Waals surface area contributed by atoms with Crippen molar-refractivity contribution in [1.82, 2.24) is 9.97 Å². The van der Waals surface area contributed by atoms with Gasteiger partial charge < -0.3 is 18.6 Å². The van der Waals surface area contributed by atoms with E-state index in [-0.39, 0.29) is 23.1 Å². The van der Waals surface area contributed by atoms with Crippen LogP contribution in [0.25, 0.3) is 11.5 Å². The maximum Gasteiger partial charge on any atom is 0.235 e. The summed E-state index contributed by atoms with van der Waals surface area (Å²) < 4.78 is 24.5. The van der Waals surface area contributed by atoms with Gasteiger partial charge in [0.25, 0.3) is 0 Å². The van der Waals surface area contributed by atoms with Gasteiger partial charge in [0.2, 0.25) is 29.0 Å². The predicted molar refractivity (Wildman–Crippen MR) is 97.0 cm³/mol. The molecule has 0 spiro atoms. The lowest BCUT2D eigenvalue weighted by Gasteiger charge is -2.34. The molecular weight excluding hydrogens is 363 g/mol. The number of hydrogen-bond donors (Lipinski definition) is 0. The first kappa shape index (κ1) is 17.6. The first-order chi connectivity index (χ1) is 13.6. The Hall–Kier alpha value is -3.85. The zero-order valence-electron chi connectivity index (χ0n) is 15.0. The minimum Gasteiger partial charge on any atom is -0.424 e. The van der Waals surface area contributed by atoms with Crippen LogP contribution in [0.2, 0.25) is 0 Å². The summed E-state index contributed by atoms with van der Waals surface area (Å²) in [5.41, 5.74) is 1.04. The number of hydrogen-bond acceptors (Lipinski definition) is 8. The molecule has 0 unspecified atom stereocenters. The third-order valence-corrected chi connectivity index (χ3v) is 4.48. The van der Waals surface area contributed by atoms with Crippen LogP contribution >= 0.6 is 0 Å². The molecule has 0 radical (unpaired) electrons. The molecule has 1 fully saturated rings. The number of halogens is 1. The Labute approximate surface area is 160 Å². The molecule has 2 aromatic heterocycles. The van der Waals surface area contributed by atoms with Gasteiger partial charge in [-0.15, -0.1) is 0 Å². The summed E-state index contributed by atoms with van der Waals surface area (Å²) in [6.07, 6.45) is 0. The average molecular weight is 378 g/mol. The van der Waals surface area contributed by atoms with Crippen molar-refractivity contribution in [2.75, 3.05) is 36.0 Å². The van der Waals surface area contributed by atoms with Gasteiger partial charge in [-0.3, -0.25) is 0 Å². The molecular formula is C19H15FN6O2. The second-order valence-electron chi connectivity index (χ2n) is 6.26. The van der Waals surface area contributed by atoms with Crippen LogP contribution in [-0.2, 0) is 0 Å². The lowest BCUT2D eigenvalue weighted by molar-refractivity contribution is 0.484. The van der Waals surface area contributed by atoms with Crippen molar-refractivity contribution in [2.45, 2.75) is 6.92 Å². The van der Waals surface area contributed by atoms with E-state index in [1.807, 2.05) is 15.9 Å². The smallest absolute Gasteiger partial charge is 0.235 e. The van der Waals surface area contributed by atoms with Crippen molar-refractivity contribution >= 4 is 11.8 Å². The summed E-state index contributed by atoms with van der Waals surface area (Å²) in [6.45, 7) is 3.95. The topological polar surface area (TPSA) is 106 Å². The lowest BCUT2D eigenvalue weighted by atomic mass is 10.2. The number of nitriles is 2. The van der Waals surface area contributed by atoms with Crippen LogP contribution in [0, 0.1) is 35.4 Å². The Morgan fingerprint density at radius 2 is 1.43 bits per heavy atom. The Bertz CT molecular complexity index is 1080. The number of benzene rings is 1. The Kier molecular flexibility index (Phi) is 4.42. The summed E-state index contributed by atoms with van der Waals surface area (Å²) in [7, 11) is 0. The molecule has 0 amide bonds. The van der Waals surface area contributed by atoms with Gasteiger partial charge in [0.05, 0.1) is 0 Å². The fourth-order valence-corrected chi connectivity index (χ4v) is 3.13. The molecule has 9 heteroatoms. The van der Waals surface area contributed by atoms with E-state index in [9.17, 15) is 14.9 Å². The second kappa shape index (κ2) is 7.05. The third-order valence-electron chi connectivity index (χ3n) is 4.48. The van der Waals surface area contributed by atoms with Gasteiger partial charge in [-0.25, -0.2) is 9.37 Å². The highest BCUT2D eigenvalue weighted by Gasteiger charge is 2.27. The zero-order valence-corrected chi connectivity index (χ0v) is 15.0. The van der Waals surface area contributed by atoms with Crippen LogP contribution in [0.15, 0.2) is 33.1 Å². The van der Waals surface area contributed by atoms with E-state index in [0.717, 1.165) is 0 Å². The van der Waals surface area contributed by atoms with Gasteiger partial charge in [-0.2, -0.15) is 15.5 Å². The minimum absolute atomic E-state index is 0.181. The quantitative estimate of drug-likeness (QED) is 0.685. The zero-order chi connectivity index (χ0) is 19.7. The van der Waals surface area contributed by atoms with Gasteiger partial charge >= 0.3 is 0 Å². The van der Waals surface area contributed by atoms with Crippen LogP contribution in [0.5, 0.6) is 0 Å². The summed E-state index contributed by atoms with van der Waals surface area (Å²) in [5.74, 6) is 1.21. The SMILES string of the molecule is Cc1nc(C#N)c(N2CCN(c3oc(-c4ccc(F)cc4)nc3C#N)CC2)o1. The van der Waals surface area contributed by atoms with Crippen molar-refractivity contribution in [3.63, 3.8) is 0 Å². The number of nitrogens with zero attached hydrogens (tertiary/aromatic N) is 6. The molecule has 3 aromatic rings. The summed E-state index contributed by atoms with van der Waals surface area (Å²) in [5, 5.41) is 18.6. The number of anilines is 2. The van der Waals surface area contributed by atoms with E-state index >= 15 is 0 Å². The number of oxazole rings is 2. The van der Waals surface area contributed by atoms with Gasteiger partial charge in [-0.05, 0) is 24.3 Å². The Balaban J connectivity index is 1.54. The first-order valence-electron chi connectivity index (χ1n) is 8.63.